The maximum Gasteiger partial charge on any atom is 0.259 e. The van der Waals surface area contributed by atoms with Gasteiger partial charge in [0.15, 0.2) is 5.76 Å². The molecule has 25 heavy (non-hydrogen) atoms. The number of nitrogens with zero attached hydrogens (tertiary/aromatic N) is 3. The van der Waals surface area contributed by atoms with Gasteiger partial charge in [-0.1, -0.05) is 41.6 Å². The van der Waals surface area contributed by atoms with Crippen LogP contribution in [0.5, 0.6) is 0 Å². The maximum absolute atomic E-state index is 13.0. The molecule has 0 aliphatic carbocycles. The fourth-order valence-electron chi connectivity index (χ4n) is 2.62. The number of benzene rings is 1. The minimum atomic E-state index is -0.935. The van der Waals surface area contributed by atoms with Gasteiger partial charge in [-0.3, -0.25) is 9.78 Å². The first-order valence-corrected chi connectivity index (χ1v) is 7.95. The minimum Gasteiger partial charge on any atom is -0.385 e. The zero-order valence-electron chi connectivity index (χ0n) is 14.1. The largest absolute Gasteiger partial charge is 0.385 e. The molecule has 128 valence electrons. The number of pyridine rings is 1. The van der Waals surface area contributed by atoms with Crippen LogP contribution in [0.1, 0.15) is 34.7 Å². The number of aliphatic hydroxyl groups is 1. The van der Waals surface area contributed by atoms with Gasteiger partial charge in [-0.15, -0.1) is 0 Å². The number of carbonyl (C=O) groups excluding carboxylic acids is 1. The molecule has 3 rings (SSSR count). The standard InChI is InChI=1S/C19H19N3O3/c1-13(23)18-16(17(21-25-18)15-8-4-3-5-9-15)19(24)22(2)12-14-7-6-10-20-11-14/h3-11,13,23H,12H2,1-2H3. The number of hydrogen-bond donors (Lipinski definition) is 1. The fraction of sp³-hybridized carbons (Fsp3) is 0.211. The number of carbonyl (C=O) groups is 1. The first-order chi connectivity index (χ1) is 12.1. The monoisotopic (exact) mass is 337 g/mol. The predicted molar refractivity (Wildman–Crippen MR) is 92.6 cm³/mol. The first kappa shape index (κ1) is 16.9. The van der Waals surface area contributed by atoms with Gasteiger partial charge in [-0.2, -0.15) is 0 Å². The van der Waals surface area contributed by atoms with Crippen molar-refractivity contribution in [1.29, 1.82) is 0 Å². The van der Waals surface area contributed by atoms with Gasteiger partial charge in [0.1, 0.15) is 17.4 Å². The van der Waals surface area contributed by atoms with E-state index in [9.17, 15) is 9.90 Å². The summed E-state index contributed by atoms with van der Waals surface area (Å²) in [6, 6.07) is 13.0. The third-order valence-electron chi connectivity index (χ3n) is 3.85. The number of hydrogen-bond acceptors (Lipinski definition) is 5. The van der Waals surface area contributed by atoms with Crippen LogP contribution in [0.3, 0.4) is 0 Å². The molecule has 1 aromatic carbocycles. The van der Waals surface area contributed by atoms with E-state index in [1.807, 2.05) is 42.5 Å². The summed E-state index contributed by atoms with van der Waals surface area (Å²) in [6.07, 6.45) is 2.46. The number of aromatic nitrogens is 2. The van der Waals surface area contributed by atoms with Crippen molar-refractivity contribution in [3.05, 3.63) is 71.7 Å². The Morgan fingerprint density at radius 3 is 2.64 bits per heavy atom. The van der Waals surface area contributed by atoms with E-state index in [0.717, 1.165) is 11.1 Å². The topological polar surface area (TPSA) is 79.5 Å². The molecule has 1 unspecified atom stereocenters. The highest BCUT2D eigenvalue weighted by Crippen LogP contribution is 2.30. The molecule has 2 heterocycles. The molecule has 1 N–H and O–H groups in total. The highest BCUT2D eigenvalue weighted by Gasteiger charge is 2.28. The van der Waals surface area contributed by atoms with E-state index in [1.54, 1.807) is 31.3 Å². The van der Waals surface area contributed by atoms with Gasteiger partial charge in [-0.25, -0.2) is 0 Å². The van der Waals surface area contributed by atoms with Crippen molar-refractivity contribution in [1.82, 2.24) is 15.0 Å². The summed E-state index contributed by atoms with van der Waals surface area (Å²) in [5, 5.41) is 14.0. The molecule has 0 fully saturated rings. The summed E-state index contributed by atoms with van der Waals surface area (Å²) in [5.74, 6) is -0.0956. The number of aliphatic hydroxyl groups excluding tert-OH is 1. The summed E-state index contributed by atoms with van der Waals surface area (Å²) >= 11 is 0. The van der Waals surface area contributed by atoms with E-state index >= 15 is 0 Å². The normalized spacial score (nSPS) is 12.0. The first-order valence-electron chi connectivity index (χ1n) is 7.95. The summed E-state index contributed by atoms with van der Waals surface area (Å²) < 4.78 is 5.27. The van der Waals surface area contributed by atoms with E-state index in [0.29, 0.717) is 12.2 Å². The highest BCUT2D eigenvalue weighted by atomic mass is 16.5. The van der Waals surface area contributed by atoms with E-state index in [1.165, 1.54) is 0 Å². The molecule has 0 saturated carbocycles. The van der Waals surface area contributed by atoms with Crippen molar-refractivity contribution in [2.75, 3.05) is 7.05 Å². The third-order valence-corrected chi connectivity index (χ3v) is 3.85. The van der Waals surface area contributed by atoms with E-state index < -0.39 is 6.10 Å². The van der Waals surface area contributed by atoms with Gasteiger partial charge < -0.3 is 14.5 Å². The second-order valence-corrected chi connectivity index (χ2v) is 5.83. The van der Waals surface area contributed by atoms with Crippen LogP contribution in [0.25, 0.3) is 11.3 Å². The van der Waals surface area contributed by atoms with Crippen molar-refractivity contribution in [2.45, 2.75) is 19.6 Å². The second-order valence-electron chi connectivity index (χ2n) is 5.83. The SMILES string of the molecule is CC(O)c1onc(-c2ccccc2)c1C(=O)N(C)Cc1cccnc1. The van der Waals surface area contributed by atoms with Gasteiger partial charge in [-0.05, 0) is 18.6 Å². The van der Waals surface area contributed by atoms with Crippen molar-refractivity contribution in [2.24, 2.45) is 0 Å². The number of amides is 1. The second kappa shape index (κ2) is 7.27. The van der Waals surface area contributed by atoms with Crippen molar-refractivity contribution < 1.29 is 14.4 Å². The van der Waals surface area contributed by atoms with E-state index in [-0.39, 0.29) is 17.2 Å². The van der Waals surface area contributed by atoms with Crippen LogP contribution in [-0.4, -0.2) is 33.1 Å². The van der Waals surface area contributed by atoms with Crippen molar-refractivity contribution >= 4 is 5.91 Å². The Labute approximate surface area is 145 Å². The summed E-state index contributed by atoms with van der Waals surface area (Å²) in [5.41, 5.74) is 2.39. The Kier molecular flexibility index (Phi) is 4.90. The molecular weight excluding hydrogens is 318 g/mol. The molecule has 6 heteroatoms. The molecule has 0 aliphatic heterocycles. The van der Waals surface area contributed by atoms with E-state index in [2.05, 4.69) is 10.1 Å². The van der Waals surface area contributed by atoms with Crippen molar-refractivity contribution in [3.8, 4) is 11.3 Å². The summed E-state index contributed by atoms with van der Waals surface area (Å²) in [7, 11) is 1.70. The summed E-state index contributed by atoms with van der Waals surface area (Å²) in [6.45, 7) is 1.94. The maximum atomic E-state index is 13.0. The molecule has 2 aromatic heterocycles. The highest BCUT2D eigenvalue weighted by molar-refractivity contribution is 6.00. The lowest BCUT2D eigenvalue weighted by Gasteiger charge is -2.18. The summed E-state index contributed by atoms with van der Waals surface area (Å²) in [4.78, 5) is 18.6. The van der Waals surface area contributed by atoms with Crippen LogP contribution in [0.4, 0.5) is 0 Å². The molecule has 1 amide bonds. The van der Waals surface area contributed by atoms with Gasteiger partial charge in [0.2, 0.25) is 0 Å². The Balaban J connectivity index is 1.97. The van der Waals surface area contributed by atoms with Crippen LogP contribution in [-0.2, 0) is 6.54 Å². The fourth-order valence-corrected chi connectivity index (χ4v) is 2.62. The molecule has 0 bridgehead atoms. The zero-order chi connectivity index (χ0) is 17.8. The molecule has 3 aromatic rings. The van der Waals surface area contributed by atoms with Crippen molar-refractivity contribution in [3.63, 3.8) is 0 Å². The van der Waals surface area contributed by atoms with Crippen LogP contribution < -0.4 is 0 Å². The Morgan fingerprint density at radius 2 is 2.00 bits per heavy atom. The molecule has 0 aliphatic rings. The third kappa shape index (κ3) is 3.59. The van der Waals surface area contributed by atoms with Crippen LogP contribution >= 0.6 is 0 Å². The molecule has 0 radical (unpaired) electrons. The molecule has 0 saturated heterocycles. The average molecular weight is 337 g/mol. The van der Waals surface area contributed by atoms with Crippen LogP contribution in [0.15, 0.2) is 59.4 Å². The van der Waals surface area contributed by atoms with Crippen LogP contribution in [0.2, 0.25) is 0 Å². The molecule has 6 nitrogen and oxygen atoms in total. The molecule has 1 atom stereocenters. The molecular formula is C19H19N3O3. The lowest BCUT2D eigenvalue weighted by atomic mass is 10.0. The average Bonchev–Trinajstić information content (AvgIpc) is 3.08. The minimum absolute atomic E-state index is 0.168. The molecule has 0 spiro atoms. The Hall–Kier alpha value is -2.99. The number of rotatable bonds is 5. The quantitative estimate of drug-likeness (QED) is 0.774. The predicted octanol–water partition coefficient (Wildman–Crippen LogP) is 3.06. The lowest BCUT2D eigenvalue weighted by Crippen LogP contribution is -2.27. The van der Waals surface area contributed by atoms with Gasteiger partial charge in [0.25, 0.3) is 5.91 Å². The van der Waals surface area contributed by atoms with Gasteiger partial charge in [0.05, 0.1) is 0 Å². The lowest BCUT2D eigenvalue weighted by molar-refractivity contribution is 0.0773. The van der Waals surface area contributed by atoms with Crippen LogP contribution in [0, 0.1) is 0 Å². The van der Waals surface area contributed by atoms with E-state index in [4.69, 9.17) is 4.52 Å². The van der Waals surface area contributed by atoms with Gasteiger partial charge in [0, 0.05) is 31.5 Å². The Morgan fingerprint density at radius 1 is 1.24 bits per heavy atom. The van der Waals surface area contributed by atoms with Gasteiger partial charge >= 0.3 is 0 Å². The Bertz CT molecular complexity index is 845. The smallest absolute Gasteiger partial charge is 0.259 e. The zero-order valence-corrected chi connectivity index (χ0v) is 14.1.